The van der Waals surface area contributed by atoms with Crippen LogP contribution in [0.2, 0.25) is 0 Å². The summed E-state index contributed by atoms with van der Waals surface area (Å²) in [6.45, 7) is 0. The van der Waals surface area contributed by atoms with Crippen LogP contribution in [0.1, 0.15) is 36.7 Å². The Balaban J connectivity index is 1.48. The molecule has 0 fully saturated rings. The first kappa shape index (κ1) is 24.6. The number of nitrogens with zero attached hydrogens (tertiary/aromatic N) is 2. The second kappa shape index (κ2) is 9.54. The van der Waals surface area contributed by atoms with E-state index in [-0.39, 0.29) is 21.9 Å². The molecule has 0 atom stereocenters. The van der Waals surface area contributed by atoms with Gasteiger partial charge in [0.25, 0.3) is 5.91 Å². The van der Waals surface area contributed by atoms with Gasteiger partial charge in [0.2, 0.25) is 0 Å². The lowest BCUT2D eigenvalue weighted by Gasteiger charge is -2.16. The minimum Gasteiger partial charge on any atom is -0.465 e. The van der Waals surface area contributed by atoms with Crippen molar-refractivity contribution in [3.05, 3.63) is 81.7 Å². The first-order valence-electron chi connectivity index (χ1n) is 12.0. The van der Waals surface area contributed by atoms with Crippen LogP contribution in [0.3, 0.4) is 0 Å². The molecule has 0 radical (unpaired) electrons. The highest BCUT2D eigenvalue weighted by Crippen LogP contribution is 2.47. The van der Waals surface area contributed by atoms with E-state index in [0.29, 0.717) is 32.8 Å². The predicted octanol–water partition coefficient (Wildman–Crippen LogP) is 5.87. The number of hydrogen-bond donors (Lipinski definition) is 3. The van der Waals surface area contributed by atoms with Crippen LogP contribution in [0.15, 0.2) is 54.6 Å². The van der Waals surface area contributed by atoms with Crippen molar-refractivity contribution in [2.45, 2.75) is 12.8 Å². The van der Waals surface area contributed by atoms with Crippen LogP contribution in [0.25, 0.3) is 31.8 Å². The third kappa shape index (κ3) is 3.91. The van der Waals surface area contributed by atoms with E-state index in [4.69, 9.17) is 16.2 Å². The number of pyridine rings is 1. The zero-order valence-electron chi connectivity index (χ0n) is 20.7. The molecule has 0 saturated carbocycles. The predicted molar refractivity (Wildman–Crippen MR) is 155 cm³/mol. The van der Waals surface area contributed by atoms with Gasteiger partial charge >= 0.3 is 5.97 Å². The molecule has 3 heterocycles. The summed E-state index contributed by atoms with van der Waals surface area (Å²) >= 11 is 2.43. The van der Waals surface area contributed by atoms with E-state index in [1.165, 1.54) is 24.0 Å². The number of nitrogen functional groups attached to an aromatic ring is 2. The lowest BCUT2D eigenvalue weighted by Crippen LogP contribution is -2.15. The summed E-state index contributed by atoms with van der Waals surface area (Å²) in [5.41, 5.74) is 17.8. The van der Waals surface area contributed by atoms with Crippen LogP contribution in [0, 0.1) is 11.3 Å². The number of rotatable bonds is 4. The highest BCUT2D eigenvalue weighted by Gasteiger charge is 2.31. The Morgan fingerprint density at radius 2 is 1.79 bits per heavy atom. The fourth-order valence-electron chi connectivity index (χ4n) is 5.05. The first-order chi connectivity index (χ1) is 18.9. The molecule has 5 N–H and O–H groups in total. The maximum absolute atomic E-state index is 13.7. The van der Waals surface area contributed by atoms with E-state index in [2.05, 4.69) is 22.4 Å². The quantitative estimate of drug-likeness (QED) is 0.237. The van der Waals surface area contributed by atoms with Gasteiger partial charge in [0.1, 0.15) is 32.2 Å². The summed E-state index contributed by atoms with van der Waals surface area (Å²) in [5.74, 6) is -0.927. The van der Waals surface area contributed by atoms with Crippen molar-refractivity contribution in [3.8, 4) is 27.6 Å². The summed E-state index contributed by atoms with van der Waals surface area (Å²) in [5, 5.41) is 13.7. The largest absolute Gasteiger partial charge is 0.465 e. The number of methoxy groups -OCH3 is 1. The molecule has 0 spiro atoms. The average molecular weight is 552 g/mol. The van der Waals surface area contributed by atoms with Crippen LogP contribution >= 0.6 is 22.7 Å². The van der Waals surface area contributed by atoms with Gasteiger partial charge in [0.05, 0.1) is 18.4 Å². The Labute approximate surface area is 231 Å². The maximum Gasteiger partial charge on any atom is 0.341 e. The van der Waals surface area contributed by atoms with Gasteiger partial charge in [0.15, 0.2) is 0 Å². The molecule has 0 bridgehead atoms. The smallest absolute Gasteiger partial charge is 0.341 e. The van der Waals surface area contributed by atoms with Gasteiger partial charge in [-0.3, -0.25) is 4.79 Å². The van der Waals surface area contributed by atoms with Crippen LogP contribution < -0.4 is 16.8 Å². The minimum atomic E-state index is -0.508. The van der Waals surface area contributed by atoms with Gasteiger partial charge in [-0.2, -0.15) is 5.26 Å². The number of anilines is 3. The lowest BCUT2D eigenvalue weighted by molar-refractivity contribution is 0.0601. The topological polar surface area (TPSA) is 144 Å². The SMILES string of the molecule is COC(=O)c1c(NC(=O)c2sc3nc(N)c(C#N)c(-c4ccccc4)c3c2N)sc2c1CCc1ccccc1-2. The van der Waals surface area contributed by atoms with Crippen LogP contribution in [0.5, 0.6) is 0 Å². The van der Waals surface area contributed by atoms with E-state index < -0.39 is 11.9 Å². The van der Waals surface area contributed by atoms with Crippen molar-refractivity contribution < 1.29 is 14.3 Å². The maximum atomic E-state index is 13.7. The van der Waals surface area contributed by atoms with Gasteiger partial charge in [-0.05, 0) is 35.1 Å². The van der Waals surface area contributed by atoms with Gasteiger partial charge in [-0.25, -0.2) is 9.78 Å². The average Bonchev–Trinajstić information content (AvgIpc) is 3.49. The van der Waals surface area contributed by atoms with Crippen LogP contribution in [-0.2, 0) is 17.6 Å². The molecular weight excluding hydrogens is 530 g/mol. The highest BCUT2D eigenvalue weighted by atomic mass is 32.1. The number of nitrogens with one attached hydrogen (secondary N) is 1. The third-order valence-electron chi connectivity index (χ3n) is 6.82. The number of benzene rings is 2. The summed E-state index contributed by atoms with van der Waals surface area (Å²) in [4.78, 5) is 32.5. The van der Waals surface area contributed by atoms with Crippen molar-refractivity contribution >= 4 is 61.3 Å². The number of esters is 1. The molecule has 0 saturated heterocycles. The molecule has 0 aliphatic heterocycles. The molecule has 39 heavy (non-hydrogen) atoms. The number of nitrogens with two attached hydrogens (primary N) is 2. The number of thiophene rings is 2. The molecule has 10 heteroatoms. The number of aryl methyl sites for hydroxylation is 1. The number of carbonyl (C=O) groups excluding carboxylic acids is 2. The van der Waals surface area contributed by atoms with Crippen LogP contribution in [-0.4, -0.2) is 24.0 Å². The molecule has 6 rings (SSSR count). The Hall–Kier alpha value is -4.72. The highest BCUT2D eigenvalue weighted by molar-refractivity contribution is 7.22. The summed E-state index contributed by atoms with van der Waals surface area (Å²) in [6.07, 6.45) is 1.45. The lowest BCUT2D eigenvalue weighted by atomic mass is 9.89. The van der Waals surface area contributed by atoms with E-state index in [0.717, 1.165) is 39.3 Å². The van der Waals surface area contributed by atoms with Gasteiger partial charge in [-0.1, -0.05) is 54.6 Å². The zero-order valence-corrected chi connectivity index (χ0v) is 22.3. The zero-order chi connectivity index (χ0) is 27.3. The fraction of sp³-hybridized carbons (Fsp3) is 0.103. The fourth-order valence-corrected chi connectivity index (χ4v) is 7.35. The van der Waals surface area contributed by atoms with Crippen molar-refractivity contribution in [3.63, 3.8) is 0 Å². The molecule has 0 unspecified atom stereocenters. The molecule has 1 amide bonds. The van der Waals surface area contributed by atoms with Crippen molar-refractivity contribution in [1.29, 1.82) is 5.26 Å². The second-order valence-corrected chi connectivity index (χ2v) is 11.0. The van der Waals surface area contributed by atoms with E-state index in [1.807, 2.05) is 48.5 Å². The number of carbonyl (C=O) groups is 2. The number of amides is 1. The normalized spacial score (nSPS) is 11.9. The van der Waals surface area contributed by atoms with Gasteiger partial charge in [0, 0.05) is 15.8 Å². The molecule has 3 aromatic heterocycles. The van der Waals surface area contributed by atoms with Crippen molar-refractivity contribution in [2.24, 2.45) is 0 Å². The molecule has 8 nitrogen and oxygen atoms in total. The summed E-state index contributed by atoms with van der Waals surface area (Å²) in [6, 6.07) is 19.4. The number of aromatic nitrogens is 1. The molecule has 1 aliphatic rings. The number of nitriles is 1. The molecule has 2 aromatic carbocycles. The summed E-state index contributed by atoms with van der Waals surface area (Å²) < 4.78 is 5.09. The van der Waals surface area contributed by atoms with Crippen molar-refractivity contribution in [2.75, 3.05) is 23.9 Å². The van der Waals surface area contributed by atoms with Crippen molar-refractivity contribution in [1.82, 2.24) is 4.98 Å². The number of hydrogen-bond acceptors (Lipinski definition) is 9. The monoisotopic (exact) mass is 551 g/mol. The Bertz CT molecular complexity index is 1850. The van der Waals surface area contributed by atoms with E-state index in [9.17, 15) is 14.9 Å². The standard InChI is InChI=1S/C29H21N5O3S2/c1-37-29(36)20-17-12-11-14-7-5-6-10-16(14)23(17)38-27(20)34-26(35)24-22(31)21-19(15-8-3-2-4-9-15)18(13-30)25(32)33-28(21)39-24/h2-10H,11-12,31H2,1H3,(H2,32,33)(H,34,35). The second-order valence-electron chi connectivity index (χ2n) is 8.97. The molecule has 5 aromatic rings. The van der Waals surface area contributed by atoms with Gasteiger partial charge < -0.3 is 21.5 Å². The first-order valence-corrected chi connectivity index (χ1v) is 13.7. The Kier molecular flexibility index (Phi) is 6.02. The van der Waals surface area contributed by atoms with Crippen LogP contribution in [0.4, 0.5) is 16.5 Å². The molecular formula is C29H21N5O3S2. The molecule has 192 valence electrons. The number of fused-ring (bicyclic) bond motifs is 4. The summed E-state index contributed by atoms with van der Waals surface area (Å²) in [7, 11) is 1.33. The van der Waals surface area contributed by atoms with E-state index in [1.54, 1.807) is 0 Å². The minimum absolute atomic E-state index is 0.0645. The van der Waals surface area contributed by atoms with E-state index >= 15 is 0 Å². The third-order valence-corrected chi connectivity index (χ3v) is 9.09. The Morgan fingerprint density at radius 3 is 2.54 bits per heavy atom. The Morgan fingerprint density at radius 1 is 1.05 bits per heavy atom. The number of ether oxygens (including phenoxy) is 1. The molecule has 1 aliphatic carbocycles. The van der Waals surface area contributed by atoms with Gasteiger partial charge in [-0.15, -0.1) is 22.7 Å².